The van der Waals surface area contributed by atoms with Gasteiger partial charge in [-0.3, -0.25) is 9.59 Å². The predicted molar refractivity (Wildman–Crippen MR) is 53.4 cm³/mol. The van der Waals surface area contributed by atoms with Crippen LogP contribution in [0.15, 0.2) is 0 Å². The quantitative estimate of drug-likeness (QED) is 0.679. The summed E-state index contributed by atoms with van der Waals surface area (Å²) < 4.78 is 4.61. The minimum atomic E-state index is -0.747. The molecule has 0 aliphatic carbocycles. The standard InChI is InChI=1S/C10H17NO4/c1-7(10(14)15-2)5-11-4-3-8(6-11)9(12)13/h7-8H,3-6H2,1-2H3,(H,12,13)/t7-,8-/m0/s1. The molecule has 86 valence electrons. The minimum absolute atomic E-state index is 0.192. The monoisotopic (exact) mass is 215 g/mol. The van der Waals surface area contributed by atoms with Gasteiger partial charge in [-0.25, -0.2) is 0 Å². The molecule has 0 bridgehead atoms. The highest BCUT2D eigenvalue weighted by molar-refractivity contribution is 5.72. The van der Waals surface area contributed by atoms with Crippen LogP contribution in [0.3, 0.4) is 0 Å². The van der Waals surface area contributed by atoms with Crippen LogP contribution in [0, 0.1) is 11.8 Å². The smallest absolute Gasteiger partial charge is 0.309 e. The summed E-state index contributed by atoms with van der Waals surface area (Å²) >= 11 is 0. The zero-order chi connectivity index (χ0) is 11.4. The van der Waals surface area contributed by atoms with Gasteiger partial charge in [-0.05, 0) is 13.0 Å². The van der Waals surface area contributed by atoms with Crippen LogP contribution >= 0.6 is 0 Å². The molecule has 1 aliphatic rings. The van der Waals surface area contributed by atoms with Gasteiger partial charge in [0.25, 0.3) is 0 Å². The molecule has 1 fully saturated rings. The normalized spacial score (nSPS) is 23.7. The Balaban J connectivity index is 2.36. The molecule has 0 aromatic rings. The van der Waals surface area contributed by atoms with E-state index in [1.807, 2.05) is 4.90 Å². The third kappa shape index (κ3) is 3.20. The number of hydrogen-bond donors (Lipinski definition) is 1. The average Bonchev–Trinajstić information content (AvgIpc) is 2.65. The van der Waals surface area contributed by atoms with Gasteiger partial charge < -0.3 is 14.7 Å². The summed E-state index contributed by atoms with van der Waals surface area (Å²) in [6.45, 7) is 3.66. The van der Waals surface area contributed by atoms with Crippen LogP contribution in [0.4, 0.5) is 0 Å². The van der Waals surface area contributed by atoms with Crippen LogP contribution in [0.5, 0.6) is 0 Å². The number of ether oxygens (including phenoxy) is 1. The molecule has 0 unspecified atom stereocenters. The largest absolute Gasteiger partial charge is 0.481 e. The number of rotatable bonds is 4. The zero-order valence-corrected chi connectivity index (χ0v) is 9.10. The van der Waals surface area contributed by atoms with Crippen molar-refractivity contribution in [2.24, 2.45) is 11.8 Å². The molecule has 1 aliphatic heterocycles. The highest BCUT2D eigenvalue weighted by Gasteiger charge is 2.29. The van der Waals surface area contributed by atoms with Crippen molar-refractivity contribution in [1.29, 1.82) is 0 Å². The van der Waals surface area contributed by atoms with E-state index in [4.69, 9.17) is 5.11 Å². The van der Waals surface area contributed by atoms with Crippen molar-refractivity contribution in [3.05, 3.63) is 0 Å². The molecule has 1 N–H and O–H groups in total. The van der Waals surface area contributed by atoms with Crippen molar-refractivity contribution in [3.63, 3.8) is 0 Å². The van der Waals surface area contributed by atoms with Crippen molar-refractivity contribution in [2.75, 3.05) is 26.7 Å². The lowest BCUT2D eigenvalue weighted by molar-refractivity contribution is -0.145. The van der Waals surface area contributed by atoms with Crippen molar-refractivity contribution in [1.82, 2.24) is 4.90 Å². The van der Waals surface area contributed by atoms with Gasteiger partial charge in [0.1, 0.15) is 0 Å². The second kappa shape index (κ2) is 5.11. The zero-order valence-electron chi connectivity index (χ0n) is 9.10. The second-order valence-corrected chi connectivity index (χ2v) is 4.01. The molecule has 2 atom stereocenters. The third-order valence-electron chi connectivity index (χ3n) is 2.76. The highest BCUT2D eigenvalue weighted by atomic mass is 16.5. The molecule has 15 heavy (non-hydrogen) atoms. The molecule has 0 saturated carbocycles. The molecular formula is C10H17NO4. The Morgan fingerprint density at radius 2 is 2.27 bits per heavy atom. The Morgan fingerprint density at radius 3 is 2.73 bits per heavy atom. The summed E-state index contributed by atoms with van der Waals surface area (Å²) in [5, 5.41) is 8.80. The lowest BCUT2D eigenvalue weighted by Crippen LogP contribution is -2.31. The number of carboxylic acid groups (broad SMARTS) is 1. The SMILES string of the molecule is COC(=O)[C@@H](C)CN1CC[C@H](C(=O)O)C1. The summed E-state index contributed by atoms with van der Waals surface area (Å²) in [6.07, 6.45) is 0.670. The topological polar surface area (TPSA) is 66.8 Å². The molecule has 5 heteroatoms. The first-order valence-electron chi connectivity index (χ1n) is 5.07. The Morgan fingerprint density at radius 1 is 1.60 bits per heavy atom. The summed E-state index contributed by atoms with van der Waals surface area (Å²) in [4.78, 5) is 23.9. The van der Waals surface area contributed by atoms with Gasteiger partial charge in [0.15, 0.2) is 0 Å². The summed E-state index contributed by atoms with van der Waals surface area (Å²) in [5.74, 6) is -1.46. The average molecular weight is 215 g/mol. The molecule has 0 aromatic heterocycles. The number of methoxy groups -OCH3 is 1. The summed E-state index contributed by atoms with van der Waals surface area (Å²) in [5.41, 5.74) is 0. The van der Waals surface area contributed by atoms with Gasteiger partial charge in [0.05, 0.1) is 18.9 Å². The van der Waals surface area contributed by atoms with Gasteiger partial charge in [0.2, 0.25) is 0 Å². The molecular weight excluding hydrogens is 198 g/mol. The second-order valence-electron chi connectivity index (χ2n) is 4.01. The van der Waals surface area contributed by atoms with Crippen molar-refractivity contribution >= 4 is 11.9 Å². The maximum atomic E-state index is 11.1. The van der Waals surface area contributed by atoms with Crippen LogP contribution in [-0.4, -0.2) is 48.7 Å². The maximum Gasteiger partial charge on any atom is 0.309 e. The van der Waals surface area contributed by atoms with Crippen LogP contribution < -0.4 is 0 Å². The minimum Gasteiger partial charge on any atom is -0.481 e. The lowest BCUT2D eigenvalue weighted by Gasteiger charge is -2.18. The van der Waals surface area contributed by atoms with E-state index in [1.165, 1.54) is 7.11 Å². The number of carbonyl (C=O) groups excluding carboxylic acids is 1. The Bertz CT molecular complexity index is 254. The van der Waals surface area contributed by atoms with E-state index < -0.39 is 5.97 Å². The van der Waals surface area contributed by atoms with E-state index in [2.05, 4.69) is 4.74 Å². The number of esters is 1. The highest BCUT2D eigenvalue weighted by Crippen LogP contribution is 2.17. The van der Waals surface area contributed by atoms with Gasteiger partial charge >= 0.3 is 11.9 Å². The molecule has 1 saturated heterocycles. The Labute approximate surface area is 89.0 Å². The van der Waals surface area contributed by atoms with E-state index in [1.54, 1.807) is 6.92 Å². The van der Waals surface area contributed by atoms with E-state index in [-0.39, 0.29) is 17.8 Å². The van der Waals surface area contributed by atoms with E-state index in [0.717, 1.165) is 6.54 Å². The molecule has 0 spiro atoms. The number of hydrogen-bond acceptors (Lipinski definition) is 4. The van der Waals surface area contributed by atoms with Crippen molar-refractivity contribution in [2.45, 2.75) is 13.3 Å². The van der Waals surface area contributed by atoms with Crippen LogP contribution in [-0.2, 0) is 14.3 Å². The number of carboxylic acids is 1. The predicted octanol–water partition coefficient (Wildman–Crippen LogP) is 0.202. The molecule has 1 rings (SSSR count). The van der Waals surface area contributed by atoms with Gasteiger partial charge in [-0.15, -0.1) is 0 Å². The maximum absolute atomic E-state index is 11.1. The number of aliphatic carboxylic acids is 1. The summed E-state index contributed by atoms with van der Waals surface area (Å²) in [6, 6.07) is 0. The van der Waals surface area contributed by atoms with Crippen LogP contribution in [0.1, 0.15) is 13.3 Å². The molecule has 0 amide bonds. The van der Waals surface area contributed by atoms with Gasteiger partial charge in [-0.2, -0.15) is 0 Å². The Kier molecular flexibility index (Phi) is 4.08. The molecule has 0 aromatic carbocycles. The third-order valence-corrected chi connectivity index (χ3v) is 2.76. The van der Waals surface area contributed by atoms with Crippen LogP contribution in [0.2, 0.25) is 0 Å². The molecule has 5 nitrogen and oxygen atoms in total. The molecule has 0 radical (unpaired) electrons. The van der Waals surface area contributed by atoms with Crippen LogP contribution in [0.25, 0.3) is 0 Å². The van der Waals surface area contributed by atoms with Gasteiger partial charge in [0, 0.05) is 13.1 Å². The van der Waals surface area contributed by atoms with E-state index >= 15 is 0 Å². The van der Waals surface area contributed by atoms with E-state index in [9.17, 15) is 9.59 Å². The molecule has 1 heterocycles. The van der Waals surface area contributed by atoms with Gasteiger partial charge in [-0.1, -0.05) is 6.92 Å². The number of likely N-dealkylation sites (tertiary alicyclic amines) is 1. The first kappa shape index (κ1) is 12.0. The fraction of sp³-hybridized carbons (Fsp3) is 0.800. The van der Waals surface area contributed by atoms with Crippen molar-refractivity contribution < 1.29 is 19.4 Å². The fourth-order valence-electron chi connectivity index (χ4n) is 1.86. The number of nitrogens with zero attached hydrogens (tertiary/aromatic N) is 1. The Hall–Kier alpha value is -1.10. The van der Waals surface area contributed by atoms with E-state index in [0.29, 0.717) is 19.5 Å². The fourth-order valence-corrected chi connectivity index (χ4v) is 1.86. The van der Waals surface area contributed by atoms with Crippen molar-refractivity contribution in [3.8, 4) is 0 Å². The first-order chi connectivity index (χ1) is 7.04. The number of carbonyl (C=O) groups is 2. The first-order valence-corrected chi connectivity index (χ1v) is 5.07. The summed E-state index contributed by atoms with van der Waals surface area (Å²) in [7, 11) is 1.36. The lowest BCUT2D eigenvalue weighted by atomic mass is 10.1.